The van der Waals surface area contributed by atoms with Crippen molar-refractivity contribution < 1.29 is 14.6 Å². The second-order valence-electron chi connectivity index (χ2n) is 5.77. The van der Waals surface area contributed by atoms with Crippen LogP contribution in [0.25, 0.3) is 0 Å². The summed E-state index contributed by atoms with van der Waals surface area (Å²) in [4.78, 5) is 16.2. The van der Waals surface area contributed by atoms with Crippen LogP contribution >= 0.6 is 0 Å². The third kappa shape index (κ3) is 3.68. The van der Waals surface area contributed by atoms with Crippen LogP contribution in [0, 0.1) is 5.41 Å². The van der Waals surface area contributed by atoms with Crippen LogP contribution in [0.3, 0.4) is 0 Å². The Balaban J connectivity index is 1.81. The standard InChI is InChI=1S/C14H26N2O3/c1-2-14(13(17)18)4-3-5-16(12-14)7-6-15-8-10-19-11-9-15/h2-12H2,1H3,(H,17,18). The van der Waals surface area contributed by atoms with Gasteiger partial charge in [0.1, 0.15) is 0 Å². The summed E-state index contributed by atoms with van der Waals surface area (Å²) in [6.45, 7) is 9.43. The SMILES string of the molecule is CCC1(C(=O)O)CCCN(CCN2CCOCC2)C1. The van der Waals surface area contributed by atoms with E-state index in [9.17, 15) is 9.90 Å². The first-order chi connectivity index (χ1) is 9.16. The Hall–Kier alpha value is -0.650. The van der Waals surface area contributed by atoms with Crippen LogP contribution in [0.15, 0.2) is 0 Å². The molecule has 0 aromatic carbocycles. The highest BCUT2D eigenvalue weighted by atomic mass is 16.5. The Kier molecular flexibility index (Phi) is 5.19. The lowest BCUT2D eigenvalue weighted by Gasteiger charge is -2.40. The normalized spacial score (nSPS) is 30.4. The molecule has 2 fully saturated rings. The molecule has 0 amide bonds. The van der Waals surface area contributed by atoms with Gasteiger partial charge in [-0.05, 0) is 25.8 Å². The van der Waals surface area contributed by atoms with Gasteiger partial charge in [-0.3, -0.25) is 9.69 Å². The third-order valence-electron chi connectivity index (χ3n) is 4.62. The van der Waals surface area contributed by atoms with Crippen LogP contribution in [0.2, 0.25) is 0 Å². The highest BCUT2D eigenvalue weighted by molar-refractivity contribution is 5.75. The van der Waals surface area contributed by atoms with Gasteiger partial charge in [-0.25, -0.2) is 0 Å². The first-order valence-corrected chi connectivity index (χ1v) is 7.42. The largest absolute Gasteiger partial charge is 0.481 e. The van der Waals surface area contributed by atoms with Crippen molar-refractivity contribution >= 4 is 5.97 Å². The molecular formula is C14H26N2O3. The Morgan fingerprint density at radius 3 is 2.53 bits per heavy atom. The monoisotopic (exact) mass is 270 g/mol. The number of morpholine rings is 1. The number of nitrogens with zero attached hydrogens (tertiary/aromatic N) is 2. The van der Waals surface area contributed by atoms with E-state index in [4.69, 9.17) is 4.74 Å². The highest BCUT2D eigenvalue weighted by Gasteiger charge is 2.40. The molecule has 0 aromatic rings. The van der Waals surface area contributed by atoms with E-state index in [1.54, 1.807) is 0 Å². The number of carboxylic acid groups (broad SMARTS) is 1. The molecule has 1 N–H and O–H groups in total. The van der Waals surface area contributed by atoms with E-state index in [-0.39, 0.29) is 0 Å². The van der Waals surface area contributed by atoms with Crippen LogP contribution in [-0.4, -0.2) is 73.4 Å². The molecule has 1 atom stereocenters. The van der Waals surface area contributed by atoms with E-state index in [0.29, 0.717) is 6.54 Å². The first kappa shape index (κ1) is 14.8. The van der Waals surface area contributed by atoms with E-state index in [1.807, 2.05) is 6.92 Å². The maximum absolute atomic E-state index is 11.5. The first-order valence-electron chi connectivity index (χ1n) is 7.42. The molecule has 1 unspecified atom stereocenters. The summed E-state index contributed by atoms with van der Waals surface area (Å²) in [5, 5.41) is 9.47. The Morgan fingerprint density at radius 2 is 1.89 bits per heavy atom. The van der Waals surface area contributed by atoms with E-state index in [2.05, 4.69) is 9.80 Å². The second-order valence-corrected chi connectivity index (χ2v) is 5.77. The van der Waals surface area contributed by atoms with Crippen molar-refractivity contribution in [3.05, 3.63) is 0 Å². The zero-order valence-electron chi connectivity index (χ0n) is 11.9. The van der Waals surface area contributed by atoms with E-state index in [1.165, 1.54) is 0 Å². The van der Waals surface area contributed by atoms with Gasteiger partial charge in [-0.1, -0.05) is 6.92 Å². The fraction of sp³-hybridized carbons (Fsp3) is 0.929. The quantitative estimate of drug-likeness (QED) is 0.804. The average Bonchev–Trinajstić information content (AvgIpc) is 2.46. The van der Waals surface area contributed by atoms with Crippen LogP contribution in [-0.2, 0) is 9.53 Å². The Labute approximate surface area is 115 Å². The average molecular weight is 270 g/mol. The summed E-state index contributed by atoms with van der Waals surface area (Å²) in [5.41, 5.74) is -0.511. The van der Waals surface area contributed by atoms with Crippen LogP contribution in [0.5, 0.6) is 0 Å². The lowest BCUT2D eigenvalue weighted by molar-refractivity contribution is -0.153. The van der Waals surface area contributed by atoms with Crippen molar-refractivity contribution in [2.24, 2.45) is 5.41 Å². The minimum absolute atomic E-state index is 0.511. The minimum Gasteiger partial charge on any atom is -0.481 e. The maximum Gasteiger partial charge on any atom is 0.310 e. The molecule has 0 aromatic heterocycles. The predicted octanol–water partition coefficient (Wildman–Crippen LogP) is 0.895. The molecule has 19 heavy (non-hydrogen) atoms. The minimum atomic E-state index is -0.619. The summed E-state index contributed by atoms with van der Waals surface area (Å²) in [6.07, 6.45) is 2.56. The lowest BCUT2D eigenvalue weighted by atomic mass is 9.77. The Morgan fingerprint density at radius 1 is 1.21 bits per heavy atom. The van der Waals surface area contributed by atoms with Gasteiger partial charge >= 0.3 is 5.97 Å². The molecule has 2 heterocycles. The number of piperidine rings is 1. The lowest BCUT2D eigenvalue weighted by Crippen LogP contribution is -2.50. The van der Waals surface area contributed by atoms with Gasteiger partial charge in [-0.15, -0.1) is 0 Å². The second kappa shape index (κ2) is 6.68. The zero-order chi connectivity index (χ0) is 13.7. The summed E-state index contributed by atoms with van der Waals surface area (Å²) < 4.78 is 5.34. The number of likely N-dealkylation sites (tertiary alicyclic amines) is 1. The number of carbonyl (C=O) groups is 1. The van der Waals surface area contributed by atoms with Crippen molar-refractivity contribution in [3.8, 4) is 0 Å². The number of aliphatic carboxylic acids is 1. The molecule has 2 aliphatic heterocycles. The van der Waals surface area contributed by atoms with Gasteiger partial charge in [0.05, 0.1) is 18.6 Å². The van der Waals surface area contributed by atoms with Crippen molar-refractivity contribution in [1.29, 1.82) is 0 Å². The smallest absolute Gasteiger partial charge is 0.310 e. The molecule has 110 valence electrons. The molecule has 0 bridgehead atoms. The molecule has 2 rings (SSSR count). The van der Waals surface area contributed by atoms with Crippen LogP contribution < -0.4 is 0 Å². The van der Waals surface area contributed by atoms with Gasteiger partial charge < -0.3 is 14.7 Å². The zero-order valence-corrected chi connectivity index (χ0v) is 11.9. The van der Waals surface area contributed by atoms with E-state index < -0.39 is 11.4 Å². The van der Waals surface area contributed by atoms with Gasteiger partial charge in [-0.2, -0.15) is 0 Å². The van der Waals surface area contributed by atoms with Crippen LogP contribution in [0.1, 0.15) is 26.2 Å². The van der Waals surface area contributed by atoms with Gasteiger partial charge in [0.25, 0.3) is 0 Å². The predicted molar refractivity (Wildman–Crippen MR) is 73.3 cm³/mol. The summed E-state index contributed by atoms with van der Waals surface area (Å²) >= 11 is 0. The van der Waals surface area contributed by atoms with Gasteiger partial charge in [0.2, 0.25) is 0 Å². The van der Waals surface area contributed by atoms with Crippen molar-refractivity contribution in [1.82, 2.24) is 9.80 Å². The molecule has 2 aliphatic rings. The van der Waals surface area contributed by atoms with Gasteiger partial charge in [0.15, 0.2) is 0 Å². The summed E-state index contributed by atoms with van der Waals surface area (Å²) in [7, 11) is 0. The Bertz CT molecular complexity index is 305. The molecule has 2 saturated heterocycles. The number of hydrogen-bond donors (Lipinski definition) is 1. The van der Waals surface area contributed by atoms with Crippen molar-refractivity contribution in [2.75, 3.05) is 52.5 Å². The highest BCUT2D eigenvalue weighted by Crippen LogP contribution is 2.33. The van der Waals surface area contributed by atoms with Crippen molar-refractivity contribution in [2.45, 2.75) is 26.2 Å². The molecular weight excluding hydrogens is 244 g/mol. The fourth-order valence-corrected chi connectivity index (χ4v) is 3.14. The molecule has 0 saturated carbocycles. The number of ether oxygens (including phenoxy) is 1. The molecule has 0 radical (unpaired) electrons. The number of hydrogen-bond acceptors (Lipinski definition) is 4. The number of rotatable bonds is 5. The fourth-order valence-electron chi connectivity index (χ4n) is 3.14. The van der Waals surface area contributed by atoms with Crippen LogP contribution in [0.4, 0.5) is 0 Å². The summed E-state index contributed by atoms with van der Waals surface area (Å²) in [6, 6.07) is 0. The maximum atomic E-state index is 11.5. The van der Waals surface area contributed by atoms with Crippen molar-refractivity contribution in [3.63, 3.8) is 0 Å². The third-order valence-corrected chi connectivity index (χ3v) is 4.62. The van der Waals surface area contributed by atoms with Gasteiger partial charge in [0, 0.05) is 32.7 Å². The summed E-state index contributed by atoms with van der Waals surface area (Å²) in [5.74, 6) is -0.619. The topological polar surface area (TPSA) is 53.0 Å². The number of carboxylic acids is 1. The van der Waals surface area contributed by atoms with E-state index in [0.717, 1.165) is 65.2 Å². The molecule has 5 heteroatoms. The molecule has 5 nitrogen and oxygen atoms in total. The molecule has 0 aliphatic carbocycles. The van der Waals surface area contributed by atoms with E-state index >= 15 is 0 Å². The molecule has 0 spiro atoms.